The van der Waals surface area contributed by atoms with Gasteiger partial charge < -0.3 is 10.2 Å². The van der Waals surface area contributed by atoms with E-state index < -0.39 is 0 Å². The lowest BCUT2D eigenvalue weighted by Crippen LogP contribution is -2.51. The summed E-state index contributed by atoms with van der Waals surface area (Å²) < 4.78 is 0. The summed E-state index contributed by atoms with van der Waals surface area (Å²) in [5, 5.41) is 14.7. The van der Waals surface area contributed by atoms with Crippen molar-refractivity contribution in [2.24, 2.45) is 0 Å². The number of piperazine rings is 1. The van der Waals surface area contributed by atoms with Gasteiger partial charge in [-0.25, -0.2) is 0 Å². The molecule has 0 aliphatic carbocycles. The van der Waals surface area contributed by atoms with Crippen LogP contribution in [-0.4, -0.2) is 31.4 Å². The van der Waals surface area contributed by atoms with Gasteiger partial charge in [0, 0.05) is 6.54 Å². The Morgan fingerprint density at radius 2 is 2.05 bits per heavy atom. The molecule has 6 heteroatoms. The van der Waals surface area contributed by atoms with Gasteiger partial charge in [0.1, 0.15) is 6.07 Å². The second-order valence-corrected chi connectivity index (χ2v) is 4.57. The molecule has 1 heterocycles. The molecule has 0 aromatic heterocycles. The molecule has 20 heavy (non-hydrogen) atoms. The molecule has 1 aromatic rings. The summed E-state index contributed by atoms with van der Waals surface area (Å²) in [6.45, 7) is 3.73. The van der Waals surface area contributed by atoms with Gasteiger partial charge >= 0.3 is 0 Å². The molecule has 2 rings (SSSR count). The maximum atomic E-state index is 11.4. The first kappa shape index (κ1) is 14.0. The molecule has 0 radical (unpaired) electrons. The van der Waals surface area contributed by atoms with E-state index in [-0.39, 0.29) is 24.9 Å². The third-order valence-corrected chi connectivity index (χ3v) is 3.05. The van der Waals surface area contributed by atoms with Crippen LogP contribution in [0.5, 0.6) is 0 Å². The van der Waals surface area contributed by atoms with E-state index in [0.717, 1.165) is 12.1 Å². The minimum absolute atomic E-state index is 0.0903. The van der Waals surface area contributed by atoms with Gasteiger partial charge in [0.2, 0.25) is 11.8 Å². The smallest absolute Gasteiger partial charge is 0.246 e. The van der Waals surface area contributed by atoms with Crippen LogP contribution in [0.25, 0.3) is 0 Å². The lowest BCUT2D eigenvalue weighted by Gasteiger charge is -2.28. The van der Waals surface area contributed by atoms with E-state index in [1.807, 2.05) is 13.0 Å². The average molecular weight is 272 g/mol. The first-order valence-electron chi connectivity index (χ1n) is 6.45. The van der Waals surface area contributed by atoms with Crippen molar-refractivity contribution in [2.45, 2.75) is 13.5 Å². The molecule has 1 saturated heterocycles. The number of hydrogen-bond donors (Lipinski definition) is 2. The van der Waals surface area contributed by atoms with Gasteiger partial charge in [0.25, 0.3) is 0 Å². The monoisotopic (exact) mass is 272 g/mol. The fraction of sp³-hybridized carbons (Fsp3) is 0.357. The zero-order valence-corrected chi connectivity index (χ0v) is 11.3. The zero-order valence-electron chi connectivity index (χ0n) is 11.3. The van der Waals surface area contributed by atoms with Crippen molar-refractivity contribution in [3.8, 4) is 6.07 Å². The van der Waals surface area contributed by atoms with Gasteiger partial charge in [-0.2, -0.15) is 5.26 Å². The Kier molecular flexibility index (Phi) is 4.33. The number of carbonyl (C=O) groups excluding carboxylic acids is 2. The van der Waals surface area contributed by atoms with Crippen LogP contribution in [0.15, 0.2) is 18.2 Å². The highest BCUT2D eigenvalue weighted by Gasteiger charge is 2.24. The van der Waals surface area contributed by atoms with E-state index in [2.05, 4.69) is 16.7 Å². The molecule has 1 aromatic carbocycles. The van der Waals surface area contributed by atoms with Crippen LogP contribution in [0.3, 0.4) is 0 Å². The lowest BCUT2D eigenvalue weighted by molar-refractivity contribution is -0.130. The topological polar surface area (TPSA) is 85.2 Å². The van der Waals surface area contributed by atoms with Crippen LogP contribution >= 0.6 is 0 Å². The van der Waals surface area contributed by atoms with Crippen LogP contribution in [0.1, 0.15) is 18.1 Å². The number of rotatable bonds is 4. The summed E-state index contributed by atoms with van der Waals surface area (Å²) >= 11 is 0. The van der Waals surface area contributed by atoms with Gasteiger partial charge in [-0.15, -0.1) is 0 Å². The van der Waals surface area contributed by atoms with E-state index >= 15 is 0 Å². The summed E-state index contributed by atoms with van der Waals surface area (Å²) in [5.41, 5.74) is 2.10. The second-order valence-electron chi connectivity index (χ2n) is 4.57. The SMILES string of the molecule is CCNCc1ccc(N2CC(=O)NC(=O)C2)c(C#N)c1. The van der Waals surface area contributed by atoms with E-state index in [4.69, 9.17) is 0 Å². The number of nitriles is 1. The third-order valence-electron chi connectivity index (χ3n) is 3.05. The predicted molar refractivity (Wildman–Crippen MR) is 73.9 cm³/mol. The Bertz CT molecular complexity index is 561. The maximum Gasteiger partial charge on any atom is 0.246 e. The number of imide groups is 1. The van der Waals surface area contributed by atoms with Gasteiger partial charge in [0.15, 0.2) is 0 Å². The Morgan fingerprint density at radius 1 is 1.35 bits per heavy atom. The summed E-state index contributed by atoms with van der Waals surface area (Å²) in [6, 6.07) is 7.60. The fourth-order valence-corrected chi connectivity index (χ4v) is 2.14. The molecular formula is C14H16N4O2. The second kappa shape index (κ2) is 6.17. The summed E-state index contributed by atoms with van der Waals surface area (Å²) in [6.07, 6.45) is 0. The molecule has 1 fully saturated rings. The zero-order chi connectivity index (χ0) is 14.5. The van der Waals surface area contributed by atoms with Gasteiger partial charge in [-0.05, 0) is 24.2 Å². The van der Waals surface area contributed by atoms with Crippen molar-refractivity contribution >= 4 is 17.5 Å². The molecule has 2 N–H and O–H groups in total. The molecular weight excluding hydrogens is 256 g/mol. The normalized spacial score (nSPS) is 14.9. The van der Waals surface area contributed by atoms with Gasteiger partial charge in [0.05, 0.1) is 24.3 Å². The number of anilines is 1. The average Bonchev–Trinajstić information content (AvgIpc) is 2.43. The highest BCUT2D eigenvalue weighted by Crippen LogP contribution is 2.22. The van der Waals surface area contributed by atoms with Crippen molar-refractivity contribution in [3.63, 3.8) is 0 Å². The minimum atomic E-state index is -0.345. The molecule has 0 unspecified atom stereocenters. The minimum Gasteiger partial charge on any atom is -0.352 e. The Balaban J connectivity index is 2.25. The molecule has 1 aliphatic rings. The number of hydrogen-bond acceptors (Lipinski definition) is 5. The van der Waals surface area contributed by atoms with E-state index in [0.29, 0.717) is 17.8 Å². The van der Waals surface area contributed by atoms with E-state index in [9.17, 15) is 14.9 Å². The summed E-state index contributed by atoms with van der Waals surface area (Å²) in [5.74, 6) is -0.691. The quantitative estimate of drug-likeness (QED) is 0.761. The Morgan fingerprint density at radius 3 is 2.65 bits per heavy atom. The van der Waals surface area contributed by atoms with Crippen LogP contribution in [0.4, 0.5) is 5.69 Å². The standard InChI is InChI=1S/C14H16N4O2/c1-2-16-7-10-3-4-12(11(5-10)6-15)18-8-13(19)17-14(20)9-18/h3-5,16H,2,7-9H2,1H3,(H,17,19,20). The summed E-state index contributed by atoms with van der Waals surface area (Å²) in [7, 11) is 0. The molecule has 2 amide bonds. The van der Waals surface area contributed by atoms with Crippen molar-refractivity contribution in [3.05, 3.63) is 29.3 Å². The van der Waals surface area contributed by atoms with Gasteiger partial charge in [-0.3, -0.25) is 14.9 Å². The molecule has 0 spiro atoms. The van der Waals surface area contributed by atoms with Crippen molar-refractivity contribution in [2.75, 3.05) is 24.5 Å². The largest absolute Gasteiger partial charge is 0.352 e. The van der Waals surface area contributed by atoms with Crippen LogP contribution < -0.4 is 15.5 Å². The number of amides is 2. The van der Waals surface area contributed by atoms with E-state index in [1.165, 1.54) is 0 Å². The maximum absolute atomic E-state index is 11.4. The lowest BCUT2D eigenvalue weighted by atomic mass is 10.1. The predicted octanol–water partition coefficient (Wildman–Crippen LogP) is 0.131. The molecule has 104 valence electrons. The Labute approximate surface area is 117 Å². The first-order chi connectivity index (χ1) is 9.63. The molecule has 6 nitrogen and oxygen atoms in total. The molecule has 0 atom stereocenters. The first-order valence-corrected chi connectivity index (χ1v) is 6.45. The third kappa shape index (κ3) is 3.13. The van der Waals surface area contributed by atoms with Crippen molar-refractivity contribution in [1.82, 2.24) is 10.6 Å². The molecule has 1 aliphatic heterocycles. The van der Waals surface area contributed by atoms with Crippen LogP contribution in [-0.2, 0) is 16.1 Å². The highest BCUT2D eigenvalue weighted by atomic mass is 16.2. The number of nitrogens with one attached hydrogen (secondary N) is 2. The fourth-order valence-electron chi connectivity index (χ4n) is 2.14. The Hall–Kier alpha value is -2.39. The van der Waals surface area contributed by atoms with Crippen molar-refractivity contribution < 1.29 is 9.59 Å². The number of carbonyl (C=O) groups is 2. The van der Waals surface area contributed by atoms with Crippen molar-refractivity contribution in [1.29, 1.82) is 5.26 Å². The molecule has 0 saturated carbocycles. The van der Waals surface area contributed by atoms with Crippen LogP contribution in [0, 0.1) is 11.3 Å². The van der Waals surface area contributed by atoms with E-state index in [1.54, 1.807) is 17.0 Å². The number of nitrogens with zero attached hydrogens (tertiary/aromatic N) is 2. The summed E-state index contributed by atoms with van der Waals surface area (Å²) in [4.78, 5) is 24.4. The highest BCUT2D eigenvalue weighted by molar-refractivity contribution is 6.02. The van der Waals surface area contributed by atoms with Crippen LogP contribution in [0.2, 0.25) is 0 Å². The number of benzene rings is 1. The van der Waals surface area contributed by atoms with Gasteiger partial charge in [-0.1, -0.05) is 13.0 Å². The molecule has 0 bridgehead atoms.